The Kier molecular flexibility index (Phi) is 5.12. The molecule has 1 aromatic carbocycles. The van der Waals surface area contributed by atoms with Crippen LogP contribution in [0.25, 0.3) is 0 Å². The number of Topliss-reactive ketones (excluding diaryl/α,β-unsaturated/α-hetero) is 1. The molecule has 0 spiro atoms. The second-order valence-electron chi connectivity index (χ2n) is 3.98. The molecule has 16 heavy (non-hydrogen) atoms. The SMILES string of the molecule is CCCCC(N)C(=O)Cc1ccccc1F. The van der Waals surface area contributed by atoms with Crippen LogP contribution in [0.3, 0.4) is 0 Å². The first-order chi connectivity index (χ1) is 7.65. The van der Waals surface area contributed by atoms with Gasteiger partial charge in [0.05, 0.1) is 6.04 Å². The molecule has 0 saturated heterocycles. The summed E-state index contributed by atoms with van der Waals surface area (Å²) in [6.07, 6.45) is 2.73. The molecule has 0 amide bonds. The van der Waals surface area contributed by atoms with Gasteiger partial charge in [-0.05, 0) is 18.1 Å². The highest BCUT2D eigenvalue weighted by atomic mass is 19.1. The minimum Gasteiger partial charge on any atom is -0.321 e. The van der Waals surface area contributed by atoms with Crippen molar-refractivity contribution in [1.29, 1.82) is 0 Å². The van der Waals surface area contributed by atoms with Crippen molar-refractivity contribution in [3.05, 3.63) is 35.6 Å². The molecule has 1 rings (SSSR count). The van der Waals surface area contributed by atoms with Gasteiger partial charge in [-0.2, -0.15) is 0 Å². The Morgan fingerprint density at radius 2 is 2.12 bits per heavy atom. The van der Waals surface area contributed by atoms with Gasteiger partial charge < -0.3 is 5.73 Å². The largest absolute Gasteiger partial charge is 0.321 e. The van der Waals surface area contributed by atoms with E-state index in [-0.39, 0.29) is 18.0 Å². The van der Waals surface area contributed by atoms with Gasteiger partial charge in [-0.3, -0.25) is 4.79 Å². The monoisotopic (exact) mass is 223 g/mol. The van der Waals surface area contributed by atoms with Crippen LogP contribution in [0.1, 0.15) is 31.7 Å². The normalized spacial score (nSPS) is 12.4. The highest BCUT2D eigenvalue weighted by molar-refractivity contribution is 5.85. The summed E-state index contributed by atoms with van der Waals surface area (Å²) in [5.74, 6) is -0.419. The predicted molar refractivity (Wildman–Crippen MR) is 62.6 cm³/mol. The topological polar surface area (TPSA) is 43.1 Å². The Balaban J connectivity index is 2.54. The molecule has 1 atom stereocenters. The Morgan fingerprint density at radius 1 is 1.44 bits per heavy atom. The lowest BCUT2D eigenvalue weighted by molar-refractivity contribution is -0.119. The maximum atomic E-state index is 13.3. The van der Waals surface area contributed by atoms with Crippen LogP contribution < -0.4 is 5.73 Å². The number of hydrogen-bond donors (Lipinski definition) is 1. The van der Waals surface area contributed by atoms with Crippen molar-refractivity contribution in [2.45, 2.75) is 38.6 Å². The summed E-state index contributed by atoms with van der Waals surface area (Å²) in [4.78, 5) is 11.7. The number of rotatable bonds is 6. The van der Waals surface area contributed by atoms with Crippen molar-refractivity contribution < 1.29 is 9.18 Å². The van der Waals surface area contributed by atoms with E-state index in [0.29, 0.717) is 12.0 Å². The quantitative estimate of drug-likeness (QED) is 0.805. The molecule has 2 nitrogen and oxygen atoms in total. The highest BCUT2D eigenvalue weighted by Gasteiger charge is 2.14. The lowest BCUT2D eigenvalue weighted by atomic mass is 10.00. The van der Waals surface area contributed by atoms with Crippen LogP contribution in [0.15, 0.2) is 24.3 Å². The van der Waals surface area contributed by atoms with Crippen LogP contribution in [0.4, 0.5) is 4.39 Å². The van der Waals surface area contributed by atoms with Crippen molar-refractivity contribution >= 4 is 5.78 Å². The second kappa shape index (κ2) is 6.38. The van der Waals surface area contributed by atoms with Crippen LogP contribution in [-0.4, -0.2) is 11.8 Å². The summed E-state index contributed by atoms with van der Waals surface area (Å²) < 4.78 is 13.3. The van der Waals surface area contributed by atoms with Crippen LogP contribution in [-0.2, 0) is 11.2 Å². The third-order valence-corrected chi connectivity index (χ3v) is 2.60. The molecule has 2 N–H and O–H groups in total. The molecule has 0 saturated carbocycles. The minimum absolute atomic E-state index is 0.0847. The van der Waals surface area contributed by atoms with E-state index in [9.17, 15) is 9.18 Å². The number of carbonyl (C=O) groups excluding carboxylic acids is 1. The van der Waals surface area contributed by atoms with Gasteiger partial charge in [-0.25, -0.2) is 4.39 Å². The molecule has 0 fully saturated rings. The molecule has 1 aromatic rings. The smallest absolute Gasteiger partial charge is 0.153 e. The van der Waals surface area contributed by atoms with E-state index in [1.165, 1.54) is 6.07 Å². The molecule has 0 aliphatic heterocycles. The van der Waals surface area contributed by atoms with Crippen molar-refractivity contribution in [3.63, 3.8) is 0 Å². The molecule has 3 heteroatoms. The maximum absolute atomic E-state index is 13.3. The fourth-order valence-corrected chi connectivity index (χ4v) is 1.55. The summed E-state index contributed by atoms with van der Waals surface area (Å²) in [6, 6.07) is 5.86. The Morgan fingerprint density at radius 3 is 2.75 bits per heavy atom. The van der Waals surface area contributed by atoms with E-state index < -0.39 is 6.04 Å². The first-order valence-electron chi connectivity index (χ1n) is 5.66. The van der Waals surface area contributed by atoms with E-state index in [0.717, 1.165) is 12.8 Å². The van der Waals surface area contributed by atoms with E-state index >= 15 is 0 Å². The first-order valence-corrected chi connectivity index (χ1v) is 5.66. The molecule has 0 aliphatic rings. The first kappa shape index (κ1) is 12.8. The van der Waals surface area contributed by atoms with Crippen molar-refractivity contribution in [3.8, 4) is 0 Å². The van der Waals surface area contributed by atoms with Crippen molar-refractivity contribution in [1.82, 2.24) is 0 Å². The number of carbonyl (C=O) groups is 1. The van der Waals surface area contributed by atoms with Crippen LogP contribution in [0, 0.1) is 5.82 Å². The standard InChI is InChI=1S/C13H18FNO/c1-2-3-8-12(15)13(16)9-10-6-4-5-7-11(10)14/h4-7,12H,2-3,8-9,15H2,1H3. The zero-order valence-electron chi connectivity index (χ0n) is 9.58. The average Bonchev–Trinajstić information content (AvgIpc) is 2.28. The zero-order valence-corrected chi connectivity index (χ0v) is 9.58. The third-order valence-electron chi connectivity index (χ3n) is 2.60. The Hall–Kier alpha value is -1.22. The summed E-state index contributed by atoms with van der Waals surface area (Å²) in [5, 5.41) is 0. The molecular weight excluding hydrogens is 205 g/mol. The predicted octanol–water partition coefficient (Wildman–Crippen LogP) is 2.45. The molecule has 0 radical (unpaired) electrons. The van der Waals surface area contributed by atoms with E-state index in [1.54, 1.807) is 18.2 Å². The molecule has 0 heterocycles. The van der Waals surface area contributed by atoms with Gasteiger partial charge in [0, 0.05) is 6.42 Å². The molecule has 1 unspecified atom stereocenters. The number of benzene rings is 1. The molecular formula is C13H18FNO. The van der Waals surface area contributed by atoms with Gasteiger partial charge in [0.15, 0.2) is 5.78 Å². The number of ketones is 1. The van der Waals surface area contributed by atoms with Crippen LogP contribution in [0.2, 0.25) is 0 Å². The number of hydrogen-bond acceptors (Lipinski definition) is 2. The Labute approximate surface area is 95.7 Å². The van der Waals surface area contributed by atoms with Crippen LogP contribution >= 0.6 is 0 Å². The fourth-order valence-electron chi connectivity index (χ4n) is 1.55. The van der Waals surface area contributed by atoms with Crippen molar-refractivity contribution in [2.75, 3.05) is 0 Å². The zero-order chi connectivity index (χ0) is 12.0. The summed E-state index contributed by atoms with van der Waals surface area (Å²) in [6.45, 7) is 2.05. The number of nitrogens with two attached hydrogens (primary N) is 1. The van der Waals surface area contributed by atoms with E-state index in [1.807, 2.05) is 6.92 Å². The molecule has 0 bridgehead atoms. The summed E-state index contributed by atoms with van der Waals surface area (Å²) >= 11 is 0. The number of unbranched alkanes of at least 4 members (excludes halogenated alkanes) is 1. The van der Waals surface area contributed by atoms with Gasteiger partial charge in [0.1, 0.15) is 5.82 Å². The van der Waals surface area contributed by atoms with E-state index in [2.05, 4.69) is 0 Å². The summed E-state index contributed by atoms with van der Waals surface area (Å²) in [7, 11) is 0. The molecule has 0 aliphatic carbocycles. The van der Waals surface area contributed by atoms with Gasteiger partial charge in [-0.15, -0.1) is 0 Å². The Bertz CT molecular complexity index is 352. The lowest BCUT2D eigenvalue weighted by Gasteiger charge is -2.10. The second-order valence-corrected chi connectivity index (χ2v) is 3.98. The van der Waals surface area contributed by atoms with Gasteiger partial charge in [0.25, 0.3) is 0 Å². The summed E-state index contributed by atoms with van der Waals surface area (Å²) in [5.41, 5.74) is 6.16. The highest BCUT2D eigenvalue weighted by Crippen LogP contribution is 2.09. The lowest BCUT2D eigenvalue weighted by Crippen LogP contribution is -2.31. The molecule has 88 valence electrons. The number of halogens is 1. The fraction of sp³-hybridized carbons (Fsp3) is 0.462. The molecule has 0 aromatic heterocycles. The average molecular weight is 223 g/mol. The minimum atomic E-state index is -0.459. The van der Waals surface area contributed by atoms with Gasteiger partial charge in [0.2, 0.25) is 0 Å². The third kappa shape index (κ3) is 3.74. The maximum Gasteiger partial charge on any atom is 0.153 e. The van der Waals surface area contributed by atoms with E-state index in [4.69, 9.17) is 5.73 Å². The van der Waals surface area contributed by atoms with Gasteiger partial charge in [-0.1, -0.05) is 38.0 Å². The van der Waals surface area contributed by atoms with Gasteiger partial charge >= 0.3 is 0 Å². The van der Waals surface area contributed by atoms with Crippen molar-refractivity contribution in [2.24, 2.45) is 5.73 Å². The van der Waals surface area contributed by atoms with Crippen LogP contribution in [0.5, 0.6) is 0 Å².